The Labute approximate surface area is 230 Å². The fraction of sp³-hybridized carbons (Fsp3) is 0.217. The van der Waals surface area contributed by atoms with Gasteiger partial charge < -0.3 is 29.0 Å². The van der Waals surface area contributed by atoms with Gasteiger partial charge in [0.2, 0.25) is 0 Å². The molecule has 1 atom stereocenters. The zero-order valence-electron chi connectivity index (χ0n) is 20.2. The predicted octanol–water partition coefficient (Wildman–Crippen LogP) is 2.90. The molecule has 0 amide bonds. The summed E-state index contributed by atoms with van der Waals surface area (Å²) in [4.78, 5) is 17.9. The average molecular weight is 633 g/mol. The number of hydrogen-bond donors (Lipinski definition) is 3. The van der Waals surface area contributed by atoms with Crippen molar-refractivity contribution in [2.24, 2.45) is 7.05 Å². The number of carbonyl (C=O) groups excluding carboxylic acids is 1. The zero-order valence-corrected chi connectivity index (χ0v) is 23.5. The van der Waals surface area contributed by atoms with Crippen molar-refractivity contribution in [1.82, 2.24) is 14.1 Å². The van der Waals surface area contributed by atoms with Crippen molar-refractivity contribution >= 4 is 54.4 Å². The standard InChI is InChI=1S/C23H22BrN3O4S.H2O4S.H2O/c1-3-31-23(29)21-19(13-32(30)15-7-5-4-6-8-15)26(2)18-11-17(24)22(28)16(20(18)21)12-27-10-9-25-14-27;1-5(2,3)4;/h4-11,14,28H,3,12-13H2,1-2H3;(H2,1,2,3,4);1H2. The Bertz CT molecular complexity index is 1480. The summed E-state index contributed by atoms with van der Waals surface area (Å²) in [6, 6.07) is 10.9. The highest BCUT2D eigenvalue weighted by atomic mass is 79.9. The molecule has 0 spiro atoms. The number of aryl methyl sites for hydroxylation is 1. The number of halogens is 1. The average Bonchev–Trinajstić information content (AvgIpc) is 3.43. The first-order chi connectivity index (χ1) is 17.4. The number of aromatic hydroxyl groups is 1. The third kappa shape index (κ3) is 7.57. The van der Waals surface area contributed by atoms with E-state index in [2.05, 4.69) is 20.9 Å². The summed E-state index contributed by atoms with van der Waals surface area (Å²) in [5.41, 5.74) is 2.20. The molecule has 2 aromatic heterocycles. The number of carbonyl (C=O) groups is 1. The SMILES string of the molecule is CCOC(=O)c1c(C[S+]([O-])c2ccccc2)n(C)c2cc(Br)c(O)c(Cn3ccnc3)c12.O.O=S(=O)(O)O. The van der Waals surface area contributed by atoms with Crippen molar-refractivity contribution < 1.29 is 42.2 Å². The van der Waals surface area contributed by atoms with Gasteiger partial charge in [-0.25, -0.2) is 9.78 Å². The van der Waals surface area contributed by atoms with Crippen LogP contribution in [0.3, 0.4) is 0 Å². The highest BCUT2D eigenvalue weighted by Gasteiger charge is 2.30. The molecule has 4 rings (SSSR count). The minimum absolute atomic E-state index is 0. The number of aromatic nitrogens is 3. The highest BCUT2D eigenvalue weighted by Crippen LogP contribution is 2.40. The van der Waals surface area contributed by atoms with Gasteiger partial charge in [0.15, 0.2) is 10.6 Å². The number of hydrogen-bond acceptors (Lipinski definition) is 7. The van der Waals surface area contributed by atoms with Crippen LogP contribution in [0.15, 0.2) is 64.5 Å². The Morgan fingerprint density at radius 3 is 2.42 bits per heavy atom. The van der Waals surface area contributed by atoms with Gasteiger partial charge in [0.25, 0.3) is 0 Å². The fourth-order valence-corrected chi connectivity index (χ4v) is 5.44. The number of fused-ring (bicyclic) bond motifs is 1. The monoisotopic (exact) mass is 631 g/mol. The summed E-state index contributed by atoms with van der Waals surface area (Å²) in [6.45, 7) is 2.25. The summed E-state index contributed by atoms with van der Waals surface area (Å²) in [7, 11) is -2.84. The smallest absolute Gasteiger partial charge is 0.394 e. The van der Waals surface area contributed by atoms with Crippen LogP contribution < -0.4 is 0 Å². The molecule has 0 fully saturated rings. The van der Waals surface area contributed by atoms with Crippen LogP contribution in [-0.4, -0.2) is 59.4 Å². The molecule has 0 saturated carbocycles. The maximum Gasteiger partial charge on any atom is 0.394 e. The fourth-order valence-electron chi connectivity index (χ4n) is 3.77. The first-order valence-electron chi connectivity index (χ1n) is 10.7. The number of benzene rings is 2. The lowest BCUT2D eigenvalue weighted by Gasteiger charge is -2.13. The second-order valence-corrected chi connectivity index (χ2v) is 10.9. The summed E-state index contributed by atoms with van der Waals surface area (Å²) < 4.78 is 54.3. The predicted molar refractivity (Wildman–Crippen MR) is 144 cm³/mol. The van der Waals surface area contributed by atoms with E-state index < -0.39 is 27.5 Å². The van der Waals surface area contributed by atoms with E-state index in [1.54, 1.807) is 43.8 Å². The molecular formula is C23H26BrN3O9S2. The molecule has 206 valence electrons. The molecule has 0 bridgehead atoms. The number of esters is 1. The van der Waals surface area contributed by atoms with Crippen LogP contribution in [0.2, 0.25) is 0 Å². The summed E-state index contributed by atoms with van der Waals surface area (Å²) in [6.07, 6.45) is 5.08. The summed E-state index contributed by atoms with van der Waals surface area (Å²) >= 11 is 2.06. The number of ether oxygens (including phenoxy) is 1. The van der Waals surface area contributed by atoms with Gasteiger partial charge in [0, 0.05) is 30.4 Å². The molecule has 12 nitrogen and oxygen atoms in total. The van der Waals surface area contributed by atoms with Crippen molar-refractivity contribution in [1.29, 1.82) is 0 Å². The van der Waals surface area contributed by atoms with E-state index in [1.165, 1.54) is 0 Å². The van der Waals surface area contributed by atoms with Gasteiger partial charge in [0.05, 0.1) is 40.7 Å². The number of nitrogens with zero attached hydrogens (tertiary/aromatic N) is 3. The van der Waals surface area contributed by atoms with E-state index >= 15 is 0 Å². The molecule has 15 heteroatoms. The Hall–Kier alpha value is -2.92. The molecule has 4 aromatic rings. The highest BCUT2D eigenvalue weighted by molar-refractivity contribution is 9.10. The van der Waals surface area contributed by atoms with E-state index in [0.717, 1.165) is 5.52 Å². The van der Waals surface area contributed by atoms with Gasteiger partial charge in [-0.3, -0.25) is 9.11 Å². The van der Waals surface area contributed by atoms with Gasteiger partial charge in [-0.15, -0.1) is 0 Å². The van der Waals surface area contributed by atoms with Crippen molar-refractivity contribution in [2.75, 3.05) is 6.61 Å². The normalized spacial score (nSPS) is 11.8. The van der Waals surface area contributed by atoms with Gasteiger partial charge in [-0.2, -0.15) is 8.42 Å². The molecule has 0 aliphatic heterocycles. The minimum Gasteiger partial charge on any atom is -0.611 e. The van der Waals surface area contributed by atoms with Crippen molar-refractivity contribution in [2.45, 2.75) is 24.1 Å². The van der Waals surface area contributed by atoms with Crippen LogP contribution in [0.25, 0.3) is 10.9 Å². The molecule has 1 unspecified atom stereocenters. The first kappa shape index (κ1) is 31.3. The lowest BCUT2D eigenvalue weighted by atomic mass is 10.0. The van der Waals surface area contributed by atoms with Gasteiger partial charge in [-0.1, -0.05) is 18.2 Å². The molecule has 0 saturated heterocycles. The molecule has 0 aliphatic carbocycles. The van der Waals surface area contributed by atoms with Crippen LogP contribution in [0, 0.1) is 0 Å². The number of rotatable bonds is 7. The van der Waals surface area contributed by atoms with E-state index in [0.29, 0.717) is 38.1 Å². The maximum absolute atomic E-state index is 13.1. The van der Waals surface area contributed by atoms with Crippen LogP contribution in [0.4, 0.5) is 0 Å². The van der Waals surface area contributed by atoms with Gasteiger partial charge >= 0.3 is 16.4 Å². The van der Waals surface area contributed by atoms with Crippen molar-refractivity contribution in [3.63, 3.8) is 0 Å². The van der Waals surface area contributed by atoms with Gasteiger partial charge in [0.1, 0.15) is 5.75 Å². The molecule has 2 aromatic carbocycles. The largest absolute Gasteiger partial charge is 0.611 e. The Kier molecular flexibility index (Phi) is 10.9. The maximum atomic E-state index is 13.1. The first-order valence-corrected chi connectivity index (χ1v) is 14.2. The quantitative estimate of drug-likeness (QED) is 0.156. The molecule has 0 aliphatic rings. The molecular weight excluding hydrogens is 606 g/mol. The molecule has 0 radical (unpaired) electrons. The third-order valence-electron chi connectivity index (χ3n) is 5.29. The van der Waals surface area contributed by atoms with Crippen molar-refractivity contribution in [3.05, 3.63) is 76.4 Å². The van der Waals surface area contributed by atoms with E-state index in [1.807, 2.05) is 34.4 Å². The summed E-state index contributed by atoms with van der Waals surface area (Å²) in [5, 5.41) is 11.5. The van der Waals surface area contributed by atoms with E-state index in [9.17, 15) is 14.5 Å². The number of phenols is 1. The molecule has 5 N–H and O–H groups in total. The van der Waals surface area contributed by atoms with Crippen LogP contribution in [0.5, 0.6) is 5.75 Å². The second kappa shape index (κ2) is 13.2. The lowest BCUT2D eigenvalue weighted by Crippen LogP contribution is -2.14. The topological polar surface area (TPSA) is 198 Å². The van der Waals surface area contributed by atoms with Gasteiger partial charge in [-0.05, 0) is 52.2 Å². The van der Waals surface area contributed by atoms with Crippen LogP contribution in [0.1, 0.15) is 28.5 Å². The Morgan fingerprint density at radius 1 is 1.24 bits per heavy atom. The third-order valence-corrected chi connectivity index (χ3v) is 7.23. The van der Waals surface area contributed by atoms with E-state index in [-0.39, 0.29) is 23.6 Å². The minimum atomic E-state index is -4.67. The molecule has 38 heavy (non-hydrogen) atoms. The summed E-state index contributed by atoms with van der Waals surface area (Å²) in [5.74, 6) is -0.337. The molecule has 2 heterocycles. The Balaban J connectivity index is 0.000000774. The van der Waals surface area contributed by atoms with Crippen LogP contribution >= 0.6 is 15.9 Å². The van der Waals surface area contributed by atoms with E-state index in [4.69, 9.17) is 22.3 Å². The number of imidazole rings is 1. The zero-order chi connectivity index (χ0) is 27.3. The van der Waals surface area contributed by atoms with Crippen molar-refractivity contribution in [3.8, 4) is 5.75 Å². The number of phenolic OH excluding ortho intramolecular Hbond substituents is 1. The van der Waals surface area contributed by atoms with Crippen LogP contribution in [-0.2, 0) is 45.7 Å². The Morgan fingerprint density at radius 2 is 1.87 bits per heavy atom. The lowest BCUT2D eigenvalue weighted by molar-refractivity contribution is 0.0527. The second-order valence-electron chi connectivity index (χ2n) is 7.67.